The molecule has 178 valence electrons. The van der Waals surface area contributed by atoms with Crippen molar-refractivity contribution >= 4 is 21.8 Å². The predicted octanol–water partition coefficient (Wildman–Crippen LogP) is 8.70. The van der Waals surface area contributed by atoms with Crippen LogP contribution in [0.5, 0.6) is 5.75 Å². The summed E-state index contributed by atoms with van der Waals surface area (Å²) < 4.78 is 6.58. The van der Waals surface area contributed by atoms with Crippen LogP contribution in [-0.2, 0) is 0 Å². The van der Waals surface area contributed by atoms with E-state index in [-0.39, 0.29) is 5.91 Å². The Hall–Kier alpha value is -1.03. The van der Waals surface area contributed by atoms with Gasteiger partial charge in [-0.25, -0.2) is 0 Å². The second-order valence-electron chi connectivity index (χ2n) is 9.20. The summed E-state index contributed by atoms with van der Waals surface area (Å²) in [5.74, 6) is 1.25. The van der Waals surface area contributed by atoms with Crippen LogP contribution in [0, 0.1) is 5.92 Å². The van der Waals surface area contributed by atoms with Crippen molar-refractivity contribution in [1.29, 1.82) is 0 Å². The highest BCUT2D eigenvalue weighted by molar-refractivity contribution is 9.10. The Balaban J connectivity index is 1.99. The summed E-state index contributed by atoms with van der Waals surface area (Å²) in [5, 5.41) is 3.04. The van der Waals surface area contributed by atoms with Gasteiger partial charge in [-0.3, -0.25) is 4.79 Å². The molecule has 1 rings (SSSR count). The summed E-state index contributed by atoms with van der Waals surface area (Å²) in [4.78, 5) is 12.3. The fourth-order valence-corrected chi connectivity index (χ4v) is 4.13. The molecule has 1 aromatic carbocycles. The molecule has 3 nitrogen and oxygen atoms in total. The molecule has 0 aliphatic heterocycles. The monoisotopic (exact) mass is 495 g/mol. The van der Waals surface area contributed by atoms with Gasteiger partial charge in [-0.1, -0.05) is 104 Å². The molecule has 31 heavy (non-hydrogen) atoms. The second kappa shape index (κ2) is 18.5. The normalized spacial score (nSPS) is 11.1. The molecule has 1 N–H and O–H groups in total. The van der Waals surface area contributed by atoms with Gasteiger partial charge in [0.05, 0.1) is 11.1 Å². The van der Waals surface area contributed by atoms with Crippen LogP contribution in [-0.4, -0.2) is 19.1 Å². The van der Waals surface area contributed by atoms with Crippen LogP contribution < -0.4 is 10.1 Å². The molecule has 1 amide bonds. The molecule has 0 aliphatic rings. The smallest absolute Gasteiger partial charge is 0.251 e. The maximum absolute atomic E-state index is 12.3. The largest absolute Gasteiger partial charge is 0.492 e. The third-order valence-electron chi connectivity index (χ3n) is 5.58. The van der Waals surface area contributed by atoms with Gasteiger partial charge in [0.2, 0.25) is 0 Å². The third-order valence-corrected chi connectivity index (χ3v) is 6.20. The number of unbranched alkanes of at least 4 members (excludes halogenated alkanes) is 13. The molecule has 0 aromatic heterocycles. The van der Waals surface area contributed by atoms with E-state index in [4.69, 9.17) is 4.74 Å². The van der Waals surface area contributed by atoms with Crippen molar-refractivity contribution in [3.05, 3.63) is 28.2 Å². The number of amides is 1. The molecule has 0 unspecified atom stereocenters. The lowest BCUT2D eigenvalue weighted by Crippen LogP contribution is -2.24. The Bertz CT molecular complexity index is 589. The van der Waals surface area contributed by atoms with Crippen molar-refractivity contribution in [2.75, 3.05) is 13.2 Å². The molecule has 0 radical (unpaired) electrons. The Morgan fingerprint density at radius 3 is 1.87 bits per heavy atom. The van der Waals surface area contributed by atoms with Crippen molar-refractivity contribution < 1.29 is 9.53 Å². The molecular weight excluding hydrogens is 450 g/mol. The van der Waals surface area contributed by atoms with Gasteiger partial charge in [0.25, 0.3) is 5.91 Å². The molecule has 0 heterocycles. The minimum absolute atomic E-state index is 0.00852. The van der Waals surface area contributed by atoms with E-state index in [2.05, 4.69) is 42.0 Å². The number of ether oxygens (including phenoxy) is 1. The van der Waals surface area contributed by atoms with E-state index in [0.29, 0.717) is 18.1 Å². The first-order valence-electron chi connectivity index (χ1n) is 12.7. The zero-order valence-corrected chi connectivity index (χ0v) is 21.9. The van der Waals surface area contributed by atoms with E-state index in [1.165, 1.54) is 83.5 Å². The first kappa shape index (κ1) is 28.0. The standard InChI is InChI=1S/C27H46BrNO2/c1-4-5-6-7-8-9-10-11-12-13-14-15-16-17-20-29-27(30)24-18-19-26(25(28)21-24)31-22-23(2)3/h18-19,21,23H,4-17,20,22H2,1-3H3,(H,29,30). The Morgan fingerprint density at radius 2 is 1.39 bits per heavy atom. The molecule has 4 heteroatoms. The number of carbonyl (C=O) groups excluding carboxylic acids is 1. The van der Waals surface area contributed by atoms with Crippen LogP contribution in [0.4, 0.5) is 0 Å². The molecule has 0 aliphatic carbocycles. The number of rotatable bonds is 19. The van der Waals surface area contributed by atoms with Crippen molar-refractivity contribution in [2.24, 2.45) is 5.92 Å². The summed E-state index contributed by atoms with van der Waals surface area (Å²) in [6, 6.07) is 5.55. The highest BCUT2D eigenvalue weighted by atomic mass is 79.9. The van der Waals surface area contributed by atoms with Crippen LogP contribution in [0.1, 0.15) is 121 Å². The molecular formula is C27H46BrNO2. The highest BCUT2D eigenvalue weighted by Gasteiger charge is 2.09. The number of halogens is 1. The average Bonchev–Trinajstić information content (AvgIpc) is 2.75. The molecule has 0 fully saturated rings. The minimum Gasteiger partial charge on any atom is -0.492 e. The van der Waals surface area contributed by atoms with Gasteiger partial charge in [-0.05, 0) is 46.5 Å². The van der Waals surface area contributed by atoms with Crippen molar-refractivity contribution in [1.82, 2.24) is 5.32 Å². The van der Waals surface area contributed by atoms with Gasteiger partial charge >= 0.3 is 0 Å². The van der Waals surface area contributed by atoms with Crippen molar-refractivity contribution in [2.45, 2.75) is 111 Å². The van der Waals surface area contributed by atoms with Crippen LogP contribution >= 0.6 is 15.9 Å². The van der Waals surface area contributed by atoms with Gasteiger partial charge in [0.1, 0.15) is 5.75 Å². The zero-order valence-electron chi connectivity index (χ0n) is 20.3. The van der Waals surface area contributed by atoms with Gasteiger partial charge in [0, 0.05) is 12.1 Å². The quantitative estimate of drug-likeness (QED) is 0.195. The molecule has 1 aromatic rings. The maximum atomic E-state index is 12.3. The maximum Gasteiger partial charge on any atom is 0.251 e. The molecule has 0 bridgehead atoms. The fourth-order valence-electron chi connectivity index (χ4n) is 3.64. The summed E-state index contributed by atoms with van der Waals surface area (Å²) in [7, 11) is 0. The highest BCUT2D eigenvalue weighted by Crippen LogP contribution is 2.26. The molecule has 0 saturated carbocycles. The lowest BCUT2D eigenvalue weighted by atomic mass is 10.0. The molecule has 0 spiro atoms. The first-order chi connectivity index (χ1) is 15.0. The number of nitrogens with one attached hydrogen (secondary N) is 1. The van der Waals surface area contributed by atoms with Crippen LogP contribution in [0.15, 0.2) is 22.7 Å². The van der Waals surface area contributed by atoms with Gasteiger partial charge in [0.15, 0.2) is 0 Å². The van der Waals surface area contributed by atoms with E-state index < -0.39 is 0 Å². The van der Waals surface area contributed by atoms with E-state index in [0.717, 1.165) is 23.2 Å². The SMILES string of the molecule is CCCCCCCCCCCCCCCCNC(=O)c1ccc(OCC(C)C)c(Br)c1. The first-order valence-corrected chi connectivity index (χ1v) is 13.5. The van der Waals surface area contributed by atoms with Crippen LogP contribution in [0.3, 0.4) is 0 Å². The number of benzene rings is 1. The van der Waals surface area contributed by atoms with E-state index in [1.807, 2.05) is 18.2 Å². The molecule has 0 atom stereocenters. The fraction of sp³-hybridized carbons (Fsp3) is 0.741. The van der Waals surface area contributed by atoms with Gasteiger partial charge < -0.3 is 10.1 Å². The van der Waals surface area contributed by atoms with E-state index in [1.54, 1.807) is 0 Å². The van der Waals surface area contributed by atoms with E-state index >= 15 is 0 Å². The topological polar surface area (TPSA) is 38.3 Å². The Morgan fingerprint density at radius 1 is 0.871 bits per heavy atom. The number of hydrogen-bond donors (Lipinski definition) is 1. The molecule has 0 saturated heterocycles. The zero-order chi connectivity index (χ0) is 22.7. The van der Waals surface area contributed by atoms with Crippen LogP contribution in [0.2, 0.25) is 0 Å². The summed E-state index contributed by atoms with van der Waals surface area (Å²) in [5.41, 5.74) is 0.675. The summed E-state index contributed by atoms with van der Waals surface area (Å²) in [6.45, 7) is 7.93. The second-order valence-corrected chi connectivity index (χ2v) is 10.1. The third kappa shape index (κ3) is 14.6. The summed E-state index contributed by atoms with van der Waals surface area (Å²) in [6.07, 6.45) is 18.9. The predicted molar refractivity (Wildman–Crippen MR) is 137 cm³/mol. The van der Waals surface area contributed by atoms with Crippen LogP contribution in [0.25, 0.3) is 0 Å². The van der Waals surface area contributed by atoms with Gasteiger partial charge in [-0.2, -0.15) is 0 Å². The Labute approximate surface area is 200 Å². The average molecular weight is 497 g/mol. The minimum atomic E-state index is -0.00852. The Kier molecular flexibility index (Phi) is 16.7. The van der Waals surface area contributed by atoms with E-state index in [9.17, 15) is 4.79 Å². The summed E-state index contributed by atoms with van der Waals surface area (Å²) >= 11 is 3.51. The van der Waals surface area contributed by atoms with Crippen molar-refractivity contribution in [3.8, 4) is 5.75 Å². The van der Waals surface area contributed by atoms with Gasteiger partial charge in [-0.15, -0.1) is 0 Å². The number of hydrogen-bond acceptors (Lipinski definition) is 2. The lowest BCUT2D eigenvalue weighted by Gasteiger charge is -2.11. The van der Waals surface area contributed by atoms with Crippen molar-refractivity contribution in [3.63, 3.8) is 0 Å². The lowest BCUT2D eigenvalue weighted by molar-refractivity contribution is 0.0953. The number of carbonyl (C=O) groups is 1.